The van der Waals surface area contributed by atoms with Crippen LogP contribution in [0.25, 0.3) is 0 Å². The van der Waals surface area contributed by atoms with Gasteiger partial charge in [-0.2, -0.15) is 0 Å². The molecule has 0 spiro atoms. The van der Waals surface area contributed by atoms with Gasteiger partial charge in [0.15, 0.2) is 0 Å². The van der Waals surface area contributed by atoms with E-state index in [0.29, 0.717) is 17.7 Å². The number of nitrogens with zero attached hydrogens (tertiary/aromatic N) is 1. The van der Waals surface area contributed by atoms with Gasteiger partial charge in [-0.3, -0.25) is 9.59 Å². The van der Waals surface area contributed by atoms with Gasteiger partial charge in [-0.1, -0.05) is 19.1 Å². The van der Waals surface area contributed by atoms with E-state index < -0.39 is 12.0 Å². The van der Waals surface area contributed by atoms with Crippen LogP contribution in [0.1, 0.15) is 30.1 Å². The molecule has 21 heavy (non-hydrogen) atoms. The normalized spacial score (nSPS) is 11.8. The number of aliphatic carboxylic acids is 1. The number of aliphatic hydroxyl groups is 1. The Morgan fingerprint density at radius 3 is 2.52 bits per heavy atom. The minimum Gasteiger partial charge on any atom is -0.496 e. The maximum Gasteiger partial charge on any atom is 0.305 e. The molecule has 1 unspecified atom stereocenters. The highest BCUT2D eigenvalue weighted by Gasteiger charge is 2.25. The van der Waals surface area contributed by atoms with E-state index in [-0.39, 0.29) is 25.5 Å². The SMILES string of the molecule is CCC(CO)N(CCC(=O)O)C(=O)c1ccccc1OC. The molecule has 0 heterocycles. The van der Waals surface area contributed by atoms with Crippen LogP contribution in [-0.2, 0) is 4.79 Å². The van der Waals surface area contributed by atoms with Gasteiger partial charge < -0.3 is 19.8 Å². The zero-order valence-electron chi connectivity index (χ0n) is 12.3. The van der Waals surface area contributed by atoms with Gasteiger partial charge in [0, 0.05) is 6.54 Å². The van der Waals surface area contributed by atoms with Gasteiger partial charge in [-0.25, -0.2) is 0 Å². The van der Waals surface area contributed by atoms with E-state index in [9.17, 15) is 14.7 Å². The summed E-state index contributed by atoms with van der Waals surface area (Å²) in [6.45, 7) is 1.67. The molecule has 2 N–H and O–H groups in total. The Kier molecular flexibility index (Phi) is 6.68. The molecule has 1 amide bonds. The van der Waals surface area contributed by atoms with Gasteiger partial charge in [0.1, 0.15) is 5.75 Å². The Balaban J connectivity index is 3.05. The third-order valence-corrected chi connectivity index (χ3v) is 3.29. The molecule has 0 aromatic heterocycles. The smallest absolute Gasteiger partial charge is 0.305 e. The highest BCUT2D eigenvalue weighted by atomic mass is 16.5. The zero-order valence-corrected chi connectivity index (χ0v) is 12.3. The first-order valence-electron chi connectivity index (χ1n) is 6.81. The Hall–Kier alpha value is -2.08. The molecule has 0 saturated carbocycles. The number of rotatable bonds is 8. The third-order valence-electron chi connectivity index (χ3n) is 3.29. The van der Waals surface area contributed by atoms with Gasteiger partial charge >= 0.3 is 5.97 Å². The second kappa shape index (κ2) is 8.26. The van der Waals surface area contributed by atoms with E-state index >= 15 is 0 Å². The summed E-state index contributed by atoms with van der Waals surface area (Å²) in [6, 6.07) is 6.34. The van der Waals surface area contributed by atoms with E-state index in [1.165, 1.54) is 12.0 Å². The van der Waals surface area contributed by atoms with Crippen molar-refractivity contribution in [2.24, 2.45) is 0 Å². The van der Waals surface area contributed by atoms with Crippen molar-refractivity contribution in [3.63, 3.8) is 0 Å². The van der Waals surface area contributed by atoms with Crippen LogP contribution in [0, 0.1) is 0 Å². The standard InChI is InChI=1S/C15H21NO5/c1-3-11(10-17)16(9-8-14(18)19)15(20)12-6-4-5-7-13(12)21-2/h4-7,11,17H,3,8-10H2,1-2H3,(H,18,19). The fraction of sp³-hybridized carbons (Fsp3) is 0.467. The molecule has 0 fully saturated rings. The van der Waals surface area contributed by atoms with Gasteiger partial charge in [0.2, 0.25) is 0 Å². The number of hydrogen-bond donors (Lipinski definition) is 2. The molecule has 1 aromatic rings. The van der Waals surface area contributed by atoms with Gasteiger partial charge in [-0.05, 0) is 18.6 Å². The summed E-state index contributed by atoms with van der Waals surface area (Å²) >= 11 is 0. The average Bonchev–Trinajstić information content (AvgIpc) is 2.50. The predicted octanol–water partition coefficient (Wildman–Crippen LogP) is 1.38. The lowest BCUT2D eigenvalue weighted by atomic mass is 10.1. The highest BCUT2D eigenvalue weighted by molar-refractivity contribution is 5.97. The van der Waals surface area contributed by atoms with Crippen molar-refractivity contribution in [3.05, 3.63) is 29.8 Å². The first-order valence-corrected chi connectivity index (χ1v) is 6.81. The fourth-order valence-electron chi connectivity index (χ4n) is 2.09. The molecule has 1 atom stereocenters. The molecule has 0 bridgehead atoms. The third kappa shape index (κ3) is 4.46. The lowest BCUT2D eigenvalue weighted by molar-refractivity contribution is -0.137. The van der Waals surface area contributed by atoms with Crippen molar-refractivity contribution in [1.82, 2.24) is 4.90 Å². The summed E-state index contributed by atoms with van der Waals surface area (Å²) in [5, 5.41) is 18.2. The topological polar surface area (TPSA) is 87.1 Å². The number of ether oxygens (including phenoxy) is 1. The number of benzene rings is 1. The van der Waals surface area contributed by atoms with Crippen LogP contribution in [0.4, 0.5) is 0 Å². The van der Waals surface area contributed by atoms with Gasteiger partial charge in [0.05, 0.1) is 31.7 Å². The number of amides is 1. The van der Waals surface area contributed by atoms with Crippen LogP contribution in [-0.4, -0.2) is 53.3 Å². The minimum atomic E-state index is -0.986. The number of aliphatic hydroxyl groups excluding tert-OH is 1. The van der Waals surface area contributed by atoms with Crippen LogP contribution in [0.2, 0.25) is 0 Å². The highest BCUT2D eigenvalue weighted by Crippen LogP contribution is 2.21. The number of carboxylic acid groups (broad SMARTS) is 1. The van der Waals surface area contributed by atoms with Crippen molar-refractivity contribution in [2.75, 3.05) is 20.3 Å². The van der Waals surface area contributed by atoms with E-state index in [2.05, 4.69) is 0 Å². The summed E-state index contributed by atoms with van der Waals surface area (Å²) in [4.78, 5) is 24.8. The second-order valence-corrected chi connectivity index (χ2v) is 4.59. The van der Waals surface area contributed by atoms with Crippen molar-refractivity contribution in [3.8, 4) is 5.75 Å². The van der Waals surface area contributed by atoms with Crippen molar-refractivity contribution < 1.29 is 24.5 Å². The average molecular weight is 295 g/mol. The predicted molar refractivity (Wildman–Crippen MR) is 77.4 cm³/mol. The molecule has 6 heteroatoms. The molecule has 0 radical (unpaired) electrons. The summed E-state index contributed by atoms with van der Waals surface area (Å²) < 4.78 is 5.16. The number of carbonyl (C=O) groups excluding carboxylic acids is 1. The molecule has 1 aromatic carbocycles. The maximum absolute atomic E-state index is 12.6. The van der Waals surface area contributed by atoms with E-state index in [1.807, 2.05) is 6.92 Å². The number of carbonyl (C=O) groups is 2. The molecular weight excluding hydrogens is 274 g/mol. The van der Waals surface area contributed by atoms with Crippen molar-refractivity contribution >= 4 is 11.9 Å². The van der Waals surface area contributed by atoms with Crippen LogP contribution >= 0.6 is 0 Å². The summed E-state index contributed by atoms with van der Waals surface area (Å²) in [5.41, 5.74) is 0.359. The molecule has 0 aliphatic carbocycles. The Morgan fingerprint density at radius 1 is 1.33 bits per heavy atom. The Labute approximate surface area is 124 Å². The van der Waals surface area contributed by atoms with Gasteiger partial charge in [-0.15, -0.1) is 0 Å². The summed E-state index contributed by atoms with van der Waals surface area (Å²) in [6.07, 6.45) is 0.369. The maximum atomic E-state index is 12.6. The summed E-state index contributed by atoms with van der Waals surface area (Å²) in [5.74, 6) is -0.897. The van der Waals surface area contributed by atoms with Crippen LogP contribution in [0.5, 0.6) is 5.75 Å². The van der Waals surface area contributed by atoms with Crippen molar-refractivity contribution in [1.29, 1.82) is 0 Å². The van der Waals surface area contributed by atoms with Crippen LogP contribution in [0.15, 0.2) is 24.3 Å². The second-order valence-electron chi connectivity index (χ2n) is 4.59. The molecule has 1 rings (SSSR count). The monoisotopic (exact) mass is 295 g/mol. The van der Waals surface area contributed by atoms with Crippen LogP contribution in [0.3, 0.4) is 0 Å². The van der Waals surface area contributed by atoms with Crippen LogP contribution < -0.4 is 4.74 Å². The largest absolute Gasteiger partial charge is 0.496 e. The Bertz CT molecular complexity index is 485. The quantitative estimate of drug-likeness (QED) is 0.756. The minimum absolute atomic E-state index is 0.0469. The number of methoxy groups -OCH3 is 1. The first kappa shape index (κ1) is 17.0. The summed E-state index contributed by atoms with van der Waals surface area (Å²) in [7, 11) is 1.47. The number of hydrogen-bond acceptors (Lipinski definition) is 4. The molecular formula is C15H21NO5. The van der Waals surface area contributed by atoms with Crippen molar-refractivity contribution in [2.45, 2.75) is 25.8 Å². The fourth-order valence-corrected chi connectivity index (χ4v) is 2.09. The Morgan fingerprint density at radius 2 is 2.00 bits per heavy atom. The number of carboxylic acids is 1. The lowest BCUT2D eigenvalue weighted by Gasteiger charge is -2.30. The zero-order chi connectivity index (χ0) is 15.8. The first-order chi connectivity index (χ1) is 10.0. The number of para-hydroxylation sites is 1. The van der Waals surface area contributed by atoms with Gasteiger partial charge in [0.25, 0.3) is 5.91 Å². The van der Waals surface area contributed by atoms with E-state index in [1.54, 1.807) is 24.3 Å². The molecule has 6 nitrogen and oxygen atoms in total. The molecule has 116 valence electrons. The van der Waals surface area contributed by atoms with E-state index in [0.717, 1.165) is 0 Å². The van der Waals surface area contributed by atoms with E-state index in [4.69, 9.17) is 9.84 Å². The molecule has 0 aliphatic heterocycles. The lowest BCUT2D eigenvalue weighted by Crippen LogP contribution is -2.43. The molecule has 0 aliphatic rings. The molecule has 0 saturated heterocycles.